The summed E-state index contributed by atoms with van der Waals surface area (Å²) >= 11 is 12.6. The monoisotopic (exact) mass is 533 g/mol. The van der Waals surface area contributed by atoms with Crippen molar-refractivity contribution in [3.8, 4) is 11.5 Å². The first kappa shape index (κ1) is 27.0. The van der Waals surface area contributed by atoms with Crippen LogP contribution in [0.5, 0.6) is 11.5 Å². The summed E-state index contributed by atoms with van der Waals surface area (Å²) in [7, 11) is 1.58. The molecule has 0 aliphatic carbocycles. The maximum atomic E-state index is 12.9. The molecule has 0 spiro atoms. The minimum Gasteiger partial charge on any atom is -0.493 e. The maximum Gasteiger partial charge on any atom is 0.305 e. The number of nitrogens with zero attached hydrogens (tertiary/aromatic N) is 1. The number of esters is 1. The number of carbonyl (C=O) groups is 2. The predicted molar refractivity (Wildman–Crippen MR) is 144 cm³/mol. The molecule has 1 aliphatic rings. The molecule has 2 aromatic carbocycles. The highest BCUT2D eigenvalue weighted by Crippen LogP contribution is 2.35. The number of carbonyl (C=O) groups excluding carboxylic acids is 2. The third-order valence-electron chi connectivity index (χ3n) is 5.23. The molecule has 3 rings (SSSR count). The third-order valence-corrected chi connectivity index (χ3v) is 6.86. The number of rotatable bonds is 12. The molecule has 1 aliphatic heterocycles. The fourth-order valence-electron chi connectivity index (χ4n) is 3.43. The van der Waals surface area contributed by atoms with E-state index in [-0.39, 0.29) is 11.9 Å². The van der Waals surface area contributed by atoms with Crippen molar-refractivity contribution in [3.63, 3.8) is 0 Å². The van der Waals surface area contributed by atoms with Crippen LogP contribution in [0, 0.1) is 0 Å². The van der Waals surface area contributed by atoms with E-state index >= 15 is 0 Å². The average Bonchev–Trinajstić information content (AvgIpc) is 3.11. The predicted octanol–water partition coefficient (Wildman–Crippen LogP) is 6.25. The van der Waals surface area contributed by atoms with Crippen LogP contribution in [0.3, 0.4) is 0 Å². The number of thioether (sulfide) groups is 1. The maximum absolute atomic E-state index is 12.9. The van der Waals surface area contributed by atoms with Gasteiger partial charge in [-0.1, -0.05) is 60.2 Å². The van der Waals surface area contributed by atoms with Crippen LogP contribution in [0.1, 0.15) is 43.7 Å². The molecule has 0 atom stereocenters. The van der Waals surface area contributed by atoms with Gasteiger partial charge in [-0.25, -0.2) is 0 Å². The Morgan fingerprint density at radius 3 is 2.60 bits per heavy atom. The minimum atomic E-state index is -0.183. The van der Waals surface area contributed by atoms with Crippen molar-refractivity contribution in [2.24, 2.45) is 0 Å². The largest absolute Gasteiger partial charge is 0.493 e. The van der Waals surface area contributed by atoms with Gasteiger partial charge in [0, 0.05) is 18.0 Å². The summed E-state index contributed by atoms with van der Waals surface area (Å²) in [6, 6.07) is 13.0. The van der Waals surface area contributed by atoms with Gasteiger partial charge in [0.1, 0.15) is 10.9 Å². The molecule has 1 saturated heterocycles. The van der Waals surface area contributed by atoms with Crippen molar-refractivity contribution < 1.29 is 23.8 Å². The molecule has 9 heteroatoms. The van der Waals surface area contributed by atoms with Crippen LogP contribution >= 0.6 is 35.6 Å². The number of unbranched alkanes of at least 4 members (excludes halogenated alkanes) is 2. The lowest BCUT2D eigenvalue weighted by atomic mass is 10.1. The quantitative estimate of drug-likeness (QED) is 0.138. The van der Waals surface area contributed by atoms with E-state index in [0.717, 1.165) is 30.4 Å². The SMILES string of the molecule is CCOC(=O)CCCCCN1C(=O)/C(=C/c2ccc(OCc3ccc(Cl)cc3)c(OC)c2)SC1=S. The first-order chi connectivity index (χ1) is 16.9. The van der Waals surface area contributed by atoms with Crippen molar-refractivity contribution in [1.29, 1.82) is 0 Å². The van der Waals surface area contributed by atoms with Crippen LogP contribution in [0.2, 0.25) is 5.02 Å². The van der Waals surface area contributed by atoms with Crippen LogP contribution < -0.4 is 9.47 Å². The number of thiocarbonyl (C=S) groups is 1. The van der Waals surface area contributed by atoms with E-state index in [9.17, 15) is 9.59 Å². The topological polar surface area (TPSA) is 65.1 Å². The van der Waals surface area contributed by atoms with E-state index in [4.69, 9.17) is 38.0 Å². The first-order valence-electron chi connectivity index (χ1n) is 11.4. The Morgan fingerprint density at radius 2 is 1.89 bits per heavy atom. The van der Waals surface area contributed by atoms with Gasteiger partial charge >= 0.3 is 5.97 Å². The summed E-state index contributed by atoms with van der Waals surface area (Å²) in [4.78, 5) is 26.5. The molecule has 1 heterocycles. The normalized spacial score (nSPS) is 14.5. The zero-order chi connectivity index (χ0) is 25.2. The standard InChI is InChI=1S/C26H28ClNO5S2/c1-3-32-24(29)7-5-4-6-14-28-25(30)23(35-26(28)34)16-19-10-13-21(22(15-19)31-2)33-17-18-8-11-20(27)12-9-18/h8-13,15-16H,3-7,14,17H2,1-2H3/b23-16-. The number of amides is 1. The van der Waals surface area contributed by atoms with E-state index in [1.54, 1.807) is 18.9 Å². The Labute approximate surface area is 220 Å². The Morgan fingerprint density at radius 1 is 1.11 bits per heavy atom. The second kappa shape index (κ2) is 13.5. The number of benzene rings is 2. The fraction of sp³-hybridized carbons (Fsp3) is 0.346. The van der Waals surface area contributed by atoms with E-state index in [1.807, 2.05) is 48.5 Å². The Kier molecular flexibility index (Phi) is 10.4. The number of hydrogen-bond donors (Lipinski definition) is 0. The summed E-state index contributed by atoms with van der Waals surface area (Å²) in [6.45, 7) is 3.10. The van der Waals surface area contributed by atoms with Gasteiger partial charge in [0.15, 0.2) is 11.5 Å². The van der Waals surface area contributed by atoms with Crippen LogP contribution in [0.15, 0.2) is 47.4 Å². The molecule has 1 amide bonds. The summed E-state index contributed by atoms with van der Waals surface area (Å²) in [5, 5.41) is 0.676. The third kappa shape index (κ3) is 7.98. The van der Waals surface area contributed by atoms with E-state index in [1.165, 1.54) is 11.8 Å². The van der Waals surface area contributed by atoms with Gasteiger partial charge < -0.3 is 14.2 Å². The minimum absolute atomic E-state index is 0.104. The highest BCUT2D eigenvalue weighted by atomic mass is 35.5. The molecule has 0 bridgehead atoms. The van der Waals surface area contributed by atoms with E-state index < -0.39 is 0 Å². The van der Waals surface area contributed by atoms with Gasteiger partial charge in [0.2, 0.25) is 0 Å². The molecule has 2 aromatic rings. The first-order valence-corrected chi connectivity index (χ1v) is 13.0. The van der Waals surface area contributed by atoms with Gasteiger partial charge in [-0.05, 0) is 61.2 Å². The molecule has 0 saturated carbocycles. The molecule has 0 unspecified atom stereocenters. The van der Waals surface area contributed by atoms with Crippen LogP contribution in [-0.4, -0.2) is 41.4 Å². The molecule has 1 fully saturated rings. The lowest BCUT2D eigenvalue weighted by Crippen LogP contribution is -2.29. The number of methoxy groups -OCH3 is 1. The Hall–Kier alpha value is -2.55. The molecule has 186 valence electrons. The average molecular weight is 534 g/mol. The Balaban J connectivity index is 1.57. The zero-order valence-electron chi connectivity index (χ0n) is 19.8. The van der Waals surface area contributed by atoms with Gasteiger partial charge in [-0.15, -0.1) is 0 Å². The molecular formula is C26H28ClNO5S2. The Bertz CT molecular complexity index is 1090. The highest BCUT2D eigenvalue weighted by molar-refractivity contribution is 8.26. The molecular weight excluding hydrogens is 506 g/mol. The molecule has 6 nitrogen and oxygen atoms in total. The molecule has 0 N–H and O–H groups in total. The second-order valence-electron chi connectivity index (χ2n) is 7.77. The summed E-state index contributed by atoms with van der Waals surface area (Å²) in [5.41, 5.74) is 1.81. The van der Waals surface area contributed by atoms with Crippen LogP contribution in [0.25, 0.3) is 6.08 Å². The van der Waals surface area contributed by atoms with Crippen molar-refractivity contribution in [3.05, 3.63) is 63.5 Å². The fourth-order valence-corrected chi connectivity index (χ4v) is 4.86. The number of halogens is 1. The van der Waals surface area contributed by atoms with E-state index in [2.05, 4.69) is 0 Å². The van der Waals surface area contributed by atoms with Crippen molar-refractivity contribution in [2.45, 2.75) is 39.2 Å². The van der Waals surface area contributed by atoms with E-state index in [0.29, 0.717) is 51.9 Å². The zero-order valence-corrected chi connectivity index (χ0v) is 22.1. The summed E-state index contributed by atoms with van der Waals surface area (Å²) in [6.07, 6.45) is 4.53. The summed E-state index contributed by atoms with van der Waals surface area (Å²) < 4.78 is 16.9. The van der Waals surface area contributed by atoms with Crippen molar-refractivity contribution in [2.75, 3.05) is 20.3 Å². The van der Waals surface area contributed by atoms with Gasteiger partial charge in [0.25, 0.3) is 5.91 Å². The number of hydrogen-bond acceptors (Lipinski definition) is 7. The molecule has 0 radical (unpaired) electrons. The van der Waals surface area contributed by atoms with Gasteiger partial charge in [-0.3, -0.25) is 14.5 Å². The number of ether oxygens (including phenoxy) is 3. The highest BCUT2D eigenvalue weighted by Gasteiger charge is 2.31. The van der Waals surface area contributed by atoms with Crippen LogP contribution in [0.4, 0.5) is 0 Å². The van der Waals surface area contributed by atoms with Gasteiger partial charge in [-0.2, -0.15) is 0 Å². The molecule has 35 heavy (non-hydrogen) atoms. The van der Waals surface area contributed by atoms with Crippen molar-refractivity contribution in [1.82, 2.24) is 4.90 Å². The smallest absolute Gasteiger partial charge is 0.305 e. The lowest BCUT2D eigenvalue weighted by Gasteiger charge is -2.14. The van der Waals surface area contributed by atoms with Crippen molar-refractivity contribution >= 4 is 57.9 Å². The second-order valence-corrected chi connectivity index (χ2v) is 9.89. The van der Waals surface area contributed by atoms with Gasteiger partial charge in [0.05, 0.1) is 18.6 Å². The molecule has 0 aromatic heterocycles. The lowest BCUT2D eigenvalue weighted by molar-refractivity contribution is -0.143. The summed E-state index contributed by atoms with van der Waals surface area (Å²) in [5.74, 6) is 0.894. The van der Waals surface area contributed by atoms with Crippen LogP contribution in [-0.2, 0) is 20.9 Å².